The summed E-state index contributed by atoms with van der Waals surface area (Å²) in [4.78, 5) is 15.9. The molecule has 1 aromatic carbocycles. The molecule has 3 nitrogen and oxygen atoms in total. The predicted molar refractivity (Wildman–Crippen MR) is 75.4 cm³/mol. The quantitative estimate of drug-likeness (QED) is 0.884. The van der Waals surface area contributed by atoms with E-state index in [0.29, 0.717) is 12.1 Å². The van der Waals surface area contributed by atoms with Crippen molar-refractivity contribution in [2.45, 2.75) is 13.3 Å². The van der Waals surface area contributed by atoms with E-state index in [1.807, 2.05) is 37.3 Å². The first kappa shape index (κ1) is 12.8. The average Bonchev–Trinajstić information content (AvgIpc) is 2.32. The van der Waals surface area contributed by atoms with Crippen molar-refractivity contribution in [3.63, 3.8) is 0 Å². The molecule has 1 amide bonds. The number of carbonyl (C=O) groups is 1. The number of hydrogen-bond acceptors (Lipinski definition) is 2. The number of aromatic nitrogens is 1. The molecule has 18 heavy (non-hydrogen) atoms. The van der Waals surface area contributed by atoms with Gasteiger partial charge in [-0.3, -0.25) is 4.79 Å². The summed E-state index contributed by atoms with van der Waals surface area (Å²) in [6.07, 6.45) is 2.00. The monoisotopic (exact) mass is 304 g/mol. The van der Waals surface area contributed by atoms with E-state index in [1.165, 1.54) is 0 Å². The zero-order valence-corrected chi connectivity index (χ0v) is 11.6. The molecule has 2 aromatic rings. The fourth-order valence-corrected chi connectivity index (χ4v) is 1.90. The molecule has 1 N–H and O–H groups in total. The first-order chi connectivity index (χ1) is 8.63. The van der Waals surface area contributed by atoms with Gasteiger partial charge in [-0.2, -0.15) is 0 Å². The number of pyridine rings is 1. The molecule has 0 saturated carbocycles. The Morgan fingerprint density at radius 1 is 1.33 bits per heavy atom. The van der Waals surface area contributed by atoms with Gasteiger partial charge in [0.1, 0.15) is 4.60 Å². The predicted octanol–water partition coefficient (Wildman–Crippen LogP) is 3.33. The van der Waals surface area contributed by atoms with Gasteiger partial charge in [0.2, 0.25) is 5.91 Å². The molecule has 0 unspecified atom stereocenters. The zero-order chi connectivity index (χ0) is 13.0. The van der Waals surface area contributed by atoms with Crippen LogP contribution in [0.25, 0.3) is 0 Å². The van der Waals surface area contributed by atoms with Crippen LogP contribution in [-0.2, 0) is 11.2 Å². The normalized spacial score (nSPS) is 10.1. The number of benzene rings is 1. The summed E-state index contributed by atoms with van der Waals surface area (Å²) in [5, 5.41) is 2.81. The van der Waals surface area contributed by atoms with Crippen LogP contribution < -0.4 is 5.32 Å². The minimum Gasteiger partial charge on any atom is -0.324 e. The first-order valence-electron chi connectivity index (χ1n) is 5.60. The standard InChI is InChI=1S/C14H13BrN2O/c1-10-3-2-4-11(7-10)8-14(18)17-12-5-6-13(15)16-9-12/h2-7,9H,8H2,1H3,(H,17,18). The highest BCUT2D eigenvalue weighted by atomic mass is 79.9. The van der Waals surface area contributed by atoms with Crippen LogP contribution in [0.3, 0.4) is 0 Å². The first-order valence-corrected chi connectivity index (χ1v) is 6.40. The summed E-state index contributed by atoms with van der Waals surface area (Å²) in [7, 11) is 0. The molecule has 0 fully saturated rings. The molecule has 0 aliphatic heterocycles. The van der Waals surface area contributed by atoms with Crippen molar-refractivity contribution in [2.75, 3.05) is 5.32 Å². The van der Waals surface area contributed by atoms with Crippen molar-refractivity contribution in [3.8, 4) is 0 Å². The number of halogens is 1. The number of anilines is 1. The molecule has 0 saturated heterocycles. The van der Waals surface area contributed by atoms with Gasteiger partial charge in [-0.1, -0.05) is 29.8 Å². The minimum atomic E-state index is -0.0373. The molecule has 4 heteroatoms. The van der Waals surface area contributed by atoms with Crippen molar-refractivity contribution in [2.24, 2.45) is 0 Å². The third-order valence-electron chi connectivity index (χ3n) is 2.46. The van der Waals surface area contributed by atoms with Gasteiger partial charge in [-0.15, -0.1) is 0 Å². The van der Waals surface area contributed by atoms with E-state index in [1.54, 1.807) is 12.3 Å². The number of carbonyl (C=O) groups excluding carboxylic acids is 1. The smallest absolute Gasteiger partial charge is 0.228 e. The fraction of sp³-hybridized carbons (Fsp3) is 0.143. The van der Waals surface area contributed by atoms with Gasteiger partial charge in [0.05, 0.1) is 18.3 Å². The van der Waals surface area contributed by atoms with Gasteiger partial charge in [0, 0.05) is 0 Å². The Morgan fingerprint density at radius 3 is 2.83 bits per heavy atom. The molecule has 0 radical (unpaired) electrons. The molecular weight excluding hydrogens is 292 g/mol. The van der Waals surface area contributed by atoms with E-state index >= 15 is 0 Å². The maximum atomic E-state index is 11.8. The van der Waals surface area contributed by atoms with Gasteiger partial charge < -0.3 is 5.32 Å². The summed E-state index contributed by atoms with van der Waals surface area (Å²) in [5.74, 6) is -0.0373. The zero-order valence-electron chi connectivity index (χ0n) is 9.98. The van der Waals surface area contributed by atoms with E-state index in [-0.39, 0.29) is 5.91 Å². The maximum Gasteiger partial charge on any atom is 0.228 e. The van der Waals surface area contributed by atoms with E-state index < -0.39 is 0 Å². The number of nitrogens with zero attached hydrogens (tertiary/aromatic N) is 1. The van der Waals surface area contributed by atoms with E-state index in [9.17, 15) is 4.79 Å². The highest BCUT2D eigenvalue weighted by Crippen LogP contribution is 2.11. The van der Waals surface area contributed by atoms with E-state index in [2.05, 4.69) is 26.2 Å². The highest BCUT2D eigenvalue weighted by Gasteiger charge is 2.04. The SMILES string of the molecule is Cc1cccc(CC(=O)Nc2ccc(Br)nc2)c1. The van der Waals surface area contributed by atoms with Crippen LogP contribution in [0.5, 0.6) is 0 Å². The van der Waals surface area contributed by atoms with Gasteiger partial charge in [-0.05, 0) is 40.5 Å². The van der Waals surface area contributed by atoms with Gasteiger partial charge in [0.25, 0.3) is 0 Å². The van der Waals surface area contributed by atoms with Gasteiger partial charge in [-0.25, -0.2) is 4.98 Å². The molecule has 0 spiro atoms. The summed E-state index contributed by atoms with van der Waals surface area (Å²) >= 11 is 3.25. The average molecular weight is 305 g/mol. The second kappa shape index (κ2) is 5.78. The number of amides is 1. The molecule has 1 aromatic heterocycles. The third-order valence-corrected chi connectivity index (χ3v) is 2.93. The van der Waals surface area contributed by atoms with Gasteiger partial charge in [0.15, 0.2) is 0 Å². The van der Waals surface area contributed by atoms with Crippen LogP contribution in [0, 0.1) is 6.92 Å². The van der Waals surface area contributed by atoms with E-state index in [0.717, 1.165) is 15.7 Å². The van der Waals surface area contributed by atoms with Crippen LogP contribution in [0.2, 0.25) is 0 Å². The second-order valence-electron chi connectivity index (χ2n) is 4.08. The Hall–Kier alpha value is -1.68. The Labute approximate surface area is 114 Å². The van der Waals surface area contributed by atoms with Crippen molar-refractivity contribution in [1.29, 1.82) is 0 Å². The number of hydrogen-bond donors (Lipinski definition) is 1. The van der Waals surface area contributed by atoms with E-state index in [4.69, 9.17) is 0 Å². The van der Waals surface area contributed by atoms with Gasteiger partial charge >= 0.3 is 0 Å². The lowest BCUT2D eigenvalue weighted by Gasteiger charge is -2.05. The molecule has 0 bridgehead atoms. The summed E-state index contributed by atoms with van der Waals surface area (Å²) in [6.45, 7) is 2.01. The lowest BCUT2D eigenvalue weighted by atomic mass is 10.1. The lowest BCUT2D eigenvalue weighted by Crippen LogP contribution is -2.14. The summed E-state index contributed by atoms with van der Waals surface area (Å²) in [5.41, 5.74) is 2.87. The number of rotatable bonds is 3. The largest absolute Gasteiger partial charge is 0.324 e. The molecule has 0 aliphatic carbocycles. The molecule has 1 heterocycles. The summed E-state index contributed by atoms with van der Waals surface area (Å²) in [6, 6.07) is 11.5. The van der Waals surface area contributed by atoms with Crippen molar-refractivity contribution >= 4 is 27.5 Å². The Bertz CT molecular complexity index is 552. The van der Waals surface area contributed by atoms with Crippen LogP contribution in [0.1, 0.15) is 11.1 Å². The van der Waals surface area contributed by atoms with Crippen molar-refractivity contribution in [1.82, 2.24) is 4.98 Å². The molecule has 0 aliphatic rings. The summed E-state index contributed by atoms with van der Waals surface area (Å²) < 4.78 is 0.749. The second-order valence-corrected chi connectivity index (χ2v) is 4.90. The Balaban J connectivity index is 1.98. The van der Waals surface area contributed by atoms with Crippen LogP contribution in [0.4, 0.5) is 5.69 Å². The van der Waals surface area contributed by atoms with Crippen LogP contribution in [-0.4, -0.2) is 10.9 Å². The Morgan fingerprint density at radius 2 is 2.17 bits per heavy atom. The lowest BCUT2D eigenvalue weighted by molar-refractivity contribution is -0.115. The van der Waals surface area contributed by atoms with Crippen molar-refractivity contribution < 1.29 is 4.79 Å². The molecular formula is C14H13BrN2O. The number of aryl methyl sites for hydroxylation is 1. The van der Waals surface area contributed by atoms with Crippen LogP contribution in [0.15, 0.2) is 47.2 Å². The fourth-order valence-electron chi connectivity index (χ4n) is 1.66. The Kier molecular flexibility index (Phi) is 4.10. The molecule has 0 atom stereocenters. The van der Waals surface area contributed by atoms with Crippen molar-refractivity contribution in [3.05, 3.63) is 58.3 Å². The number of nitrogens with one attached hydrogen (secondary N) is 1. The maximum absolute atomic E-state index is 11.8. The van der Waals surface area contributed by atoms with Crippen LogP contribution >= 0.6 is 15.9 Å². The molecule has 92 valence electrons. The minimum absolute atomic E-state index is 0.0373. The highest BCUT2D eigenvalue weighted by molar-refractivity contribution is 9.10. The topological polar surface area (TPSA) is 42.0 Å². The molecule has 2 rings (SSSR count). The third kappa shape index (κ3) is 3.67.